The van der Waals surface area contributed by atoms with Crippen LogP contribution in [-0.2, 0) is 16.0 Å². The van der Waals surface area contributed by atoms with Crippen LogP contribution in [0.25, 0.3) is 0 Å². The summed E-state index contributed by atoms with van der Waals surface area (Å²) in [6.07, 6.45) is 0.342. The molecule has 0 heterocycles. The van der Waals surface area contributed by atoms with Crippen LogP contribution in [0.2, 0.25) is 0 Å². The molecule has 0 atom stereocenters. The molecule has 0 amide bonds. The van der Waals surface area contributed by atoms with Gasteiger partial charge in [-0.15, -0.1) is 0 Å². The lowest BCUT2D eigenvalue weighted by molar-refractivity contribution is -0.117. The van der Waals surface area contributed by atoms with E-state index in [0.717, 1.165) is 5.56 Å². The summed E-state index contributed by atoms with van der Waals surface area (Å²) in [4.78, 5) is 11.5. The van der Waals surface area contributed by atoms with Crippen LogP contribution < -0.4 is 5.32 Å². The number of nitrogens with one attached hydrogen (secondary N) is 1. The molecule has 2 N–H and O–H groups in total. The smallest absolute Gasteiger partial charge is 0.150 e. The number of carbonyl (C=O) groups is 1. The van der Waals surface area contributed by atoms with Gasteiger partial charge in [-0.05, 0) is 17.7 Å². The van der Waals surface area contributed by atoms with Crippen LogP contribution in [0.3, 0.4) is 0 Å². The van der Waals surface area contributed by atoms with E-state index in [1.807, 2.05) is 6.07 Å². The van der Waals surface area contributed by atoms with Gasteiger partial charge in [0.15, 0.2) is 5.78 Å². The Morgan fingerprint density at radius 2 is 2.31 bits per heavy atom. The third-order valence-corrected chi connectivity index (χ3v) is 2.12. The molecule has 0 aromatic heterocycles. The molecule has 0 saturated heterocycles. The molecule has 0 aliphatic rings. The number of phenolic OH excluding ortho intramolecular Hbond substituents is 1. The van der Waals surface area contributed by atoms with Crippen molar-refractivity contribution in [3.63, 3.8) is 0 Å². The minimum Gasteiger partial charge on any atom is -0.508 e. The fourth-order valence-electron chi connectivity index (χ4n) is 1.36. The molecular formula is C12H17NO3. The van der Waals surface area contributed by atoms with E-state index in [1.165, 1.54) is 0 Å². The van der Waals surface area contributed by atoms with Gasteiger partial charge >= 0.3 is 0 Å². The lowest BCUT2D eigenvalue weighted by Crippen LogP contribution is -2.27. The zero-order valence-electron chi connectivity index (χ0n) is 9.40. The maximum atomic E-state index is 11.5. The minimum absolute atomic E-state index is 0.0988. The number of hydrogen-bond acceptors (Lipinski definition) is 4. The highest BCUT2D eigenvalue weighted by molar-refractivity contribution is 5.82. The molecule has 0 unspecified atom stereocenters. The van der Waals surface area contributed by atoms with Crippen LogP contribution in [0.1, 0.15) is 5.56 Å². The summed E-state index contributed by atoms with van der Waals surface area (Å²) in [6.45, 7) is 1.60. The average molecular weight is 223 g/mol. The van der Waals surface area contributed by atoms with Crippen LogP contribution in [0.15, 0.2) is 24.3 Å². The van der Waals surface area contributed by atoms with Gasteiger partial charge in [0.05, 0.1) is 13.2 Å². The summed E-state index contributed by atoms with van der Waals surface area (Å²) in [7, 11) is 1.62. The fraction of sp³-hybridized carbons (Fsp3) is 0.417. The van der Waals surface area contributed by atoms with Crippen molar-refractivity contribution >= 4 is 5.78 Å². The third-order valence-electron chi connectivity index (χ3n) is 2.12. The van der Waals surface area contributed by atoms with Gasteiger partial charge < -0.3 is 15.2 Å². The summed E-state index contributed by atoms with van der Waals surface area (Å²) in [5.41, 5.74) is 0.832. The van der Waals surface area contributed by atoms with Gasteiger partial charge in [-0.25, -0.2) is 0 Å². The lowest BCUT2D eigenvalue weighted by atomic mass is 10.1. The Bertz CT molecular complexity index is 339. The van der Waals surface area contributed by atoms with Crippen LogP contribution in [0.5, 0.6) is 5.75 Å². The number of aromatic hydroxyl groups is 1. The molecular weight excluding hydrogens is 206 g/mol. The van der Waals surface area contributed by atoms with E-state index in [9.17, 15) is 9.90 Å². The Morgan fingerprint density at radius 1 is 1.50 bits per heavy atom. The van der Waals surface area contributed by atoms with Crippen LogP contribution >= 0.6 is 0 Å². The van der Waals surface area contributed by atoms with Crippen molar-refractivity contribution in [3.05, 3.63) is 29.8 Å². The summed E-state index contributed by atoms with van der Waals surface area (Å²) < 4.78 is 4.85. The first-order valence-electron chi connectivity index (χ1n) is 5.21. The summed E-state index contributed by atoms with van der Waals surface area (Å²) in [5.74, 6) is 0.291. The Hall–Kier alpha value is -1.39. The predicted octanol–water partition coefficient (Wildman–Crippen LogP) is 0.740. The minimum atomic E-state index is 0.0988. The Balaban J connectivity index is 2.29. The van der Waals surface area contributed by atoms with Crippen molar-refractivity contribution in [1.29, 1.82) is 0 Å². The van der Waals surface area contributed by atoms with Gasteiger partial charge in [-0.1, -0.05) is 12.1 Å². The van der Waals surface area contributed by atoms with Crippen molar-refractivity contribution < 1.29 is 14.6 Å². The van der Waals surface area contributed by atoms with Crippen molar-refractivity contribution in [2.75, 3.05) is 26.8 Å². The van der Waals surface area contributed by atoms with E-state index in [-0.39, 0.29) is 11.5 Å². The molecule has 0 fully saturated rings. The molecule has 4 heteroatoms. The second-order valence-corrected chi connectivity index (χ2v) is 3.55. The molecule has 88 valence electrons. The zero-order valence-corrected chi connectivity index (χ0v) is 9.40. The van der Waals surface area contributed by atoms with Gasteiger partial charge in [-0.3, -0.25) is 4.79 Å². The number of ether oxygens (including phenoxy) is 1. The number of methoxy groups -OCH3 is 1. The molecule has 0 bridgehead atoms. The van der Waals surface area contributed by atoms with E-state index < -0.39 is 0 Å². The quantitative estimate of drug-likeness (QED) is 0.669. The molecule has 0 spiro atoms. The van der Waals surface area contributed by atoms with Crippen molar-refractivity contribution in [1.82, 2.24) is 5.32 Å². The SMILES string of the molecule is COCCNCC(=O)Cc1cccc(O)c1. The number of ketones is 1. The number of benzene rings is 1. The molecule has 0 aliphatic carbocycles. The number of rotatable bonds is 7. The van der Waals surface area contributed by atoms with Gasteiger partial charge in [0.2, 0.25) is 0 Å². The Morgan fingerprint density at radius 3 is 3.00 bits per heavy atom. The van der Waals surface area contributed by atoms with E-state index in [0.29, 0.717) is 26.1 Å². The maximum absolute atomic E-state index is 11.5. The van der Waals surface area contributed by atoms with Crippen molar-refractivity contribution in [2.24, 2.45) is 0 Å². The number of phenols is 1. The second kappa shape index (κ2) is 6.98. The van der Waals surface area contributed by atoms with Gasteiger partial charge in [0.1, 0.15) is 5.75 Å². The maximum Gasteiger partial charge on any atom is 0.150 e. The summed E-state index contributed by atoms with van der Waals surface area (Å²) in [5, 5.41) is 12.2. The number of Topliss-reactive ketones (excluding diaryl/α,β-unsaturated/α-hetero) is 1. The third kappa shape index (κ3) is 4.91. The van der Waals surface area contributed by atoms with E-state index in [4.69, 9.17) is 4.74 Å². The fourth-order valence-corrected chi connectivity index (χ4v) is 1.36. The topological polar surface area (TPSA) is 58.6 Å². The molecule has 0 aliphatic heterocycles. The van der Waals surface area contributed by atoms with E-state index in [2.05, 4.69) is 5.32 Å². The van der Waals surface area contributed by atoms with Crippen LogP contribution in [-0.4, -0.2) is 37.7 Å². The van der Waals surface area contributed by atoms with Gasteiger partial charge in [-0.2, -0.15) is 0 Å². The van der Waals surface area contributed by atoms with Crippen molar-refractivity contribution in [2.45, 2.75) is 6.42 Å². The molecule has 1 aromatic rings. The molecule has 16 heavy (non-hydrogen) atoms. The van der Waals surface area contributed by atoms with Gasteiger partial charge in [0.25, 0.3) is 0 Å². The molecule has 1 rings (SSSR count). The summed E-state index contributed by atoms with van der Waals surface area (Å²) >= 11 is 0. The summed E-state index contributed by atoms with van der Waals surface area (Å²) in [6, 6.07) is 6.75. The average Bonchev–Trinajstić information content (AvgIpc) is 2.24. The first-order valence-corrected chi connectivity index (χ1v) is 5.21. The zero-order chi connectivity index (χ0) is 11.8. The highest BCUT2D eigenvalue weighted by atomic mass is 16.5. The molecule has 1 aromatic carbocycles. The standard InChI is InChI=1S/C12H17NO3/c1-16-6-5-13-9-12(15)8-10-3-2-4-11(14)7-10/h2-4,7,13-14H,5-6,8-9H2,1H3. The Kier molecular flexibility index (Phi) is 5.53. The normalized spacial score (nSPS) is 10.3. The monoisotopic (exact) mass is 223 g/mol. The number of carbonyl (C=O) groups excluding carboxylic acids is 1. The van der Waals surface area contributed by atoms with Crippen LogP contribution in [0.4, 0.5) is 0 Å². The molecule has 0 saturated carbocycles. The van der Waals surface area contributed by atoms with Crippen molar-refractivity contribution in [3.8, 4) is 5.75 Å². The molecule has 4 nitrogen and oxygen atoms in total. The Labute approximate surface area is 95.2 Å². The van der Waals surface area contributed by atoms with E-state index >= 15 is 0 Å². The predicted molar refractivity (Wildman–Crippen MR) is 61.6 cm³/mol. The second-order valence-electron chi connectivity index (χ2n) is 3.55. The van der Waals surface area contributed by atoms with Gasteiger partial charge in [0, 0.05) is 20.1 Å². The number of hydrogen-bond donors (Lipinski definition) is 2. The largest absolute Gasteiger partial charge is 0.508 e. The molecule has 0 radical (unpaired) electrons. The van der Waals surface area contributed by atoms with E-state index in [1.54, 1.807) is 25.3 Å². The van der Waals surface area contributed by atoms with Crippen LogP contribution in [0, 0.1) is 0 Å². The first-order chi connectivity index (χ1) is 7.72. The highest BCUT2D eigenvalue weighted by Gasteiger charge is 2.03. The first kappa shape index (κ1) is 12.7. The highest BCUT2D eigenvalue weighted by Crippen LogP contribution is 2.11. The lowest BCUT2D eigenvalue weighted by Gasteiger charge is -2.04.